The highest BCUT2D eigenvalue weighted by molar-refractivity contribution is 5.26. The molecule has 0 fully saturated rings. The first-order valence-corrected chi connectivity index (χ1v) is 6.72. The first kappa shape index (κ1) is 15.2. The van der Waals surface area contributed by atoms with Crippen molar-refractivity contribution in [3.8, 4) is 0 Å². The Hall–Kier alpha value is -0.890. The van der Waals surface area contributed by atoms with Gasteiger partial charge in [0.2, 0.25) is 0 Å². The van der Waals surface area contributed by atoms with Gasteiger partial charge in [-0.15, -0.1) is 0 Å². The summed E-state index contributed by atoms with van der Waals surface area (Å²) in [5, 5.41) is 3.50. The van der Waals surface area contributed by atoms with E-state index in [0.29, 0.717) is 17.4 Å². The van der Waals surface area contributed by atoms with E-state index in [1.165, 1.54) is 0 Å². The zero-order valence-corrected chi connectivity index (χ0v) is 12.5. The van der Waals surface area contributed by atoms with Crippen molar-refractivity contribution in [2.45, 2.75) is 53.0 Å². The molecule has 2 atom stereocenters. The average molecular weight is 251 g/mol. The van der Waals surface area contributed by atoms with Gasteiger partial charge in [0.1, 0.15) is 5.82 Å². The molecule has 0 saturated heterocycles. The number of aryl methyl sites for hydroxylation is 1. The summed E-state index contributed by atoms with van der Waals surface area (Å²) in [5.41, 5.74) is 1.93. The quantitative estimate of drug-likeness (QED) is 0.843. The van der Waals surface area contributed by atoms with Crippen LogP contribution < -0.4 is 5.32 Å². The molecule has 0 radical (unpaired) electrons. The Kier molecular flexibility index (Phi) is 4.92. The van der Waals surface area contributed by atoms with Crippen molar-refractivity contribution in [3.63, 3.8) is 0 Å². The Morgan fingerprint density at radius 1 is 1.22 bits per heavy atom. The Morgan fingerprint density at radius 3 is 2.33 bits per heavy atom. The van der Waals surface area contributed by atoms with E-state index in [4.69, 9.17) is 0 Å². The van der Waals surface area contributed by atoms with Crippen LogP contribution in [0.1, 0.15) is 51.7 Å². The maximum Gasteiger partial charge on any atom is 0.126 e. The summed E-state index contributed by atoms with van der Waals surface area (Å²) in [6.07, 6.45) is 0. The second-order valence-electron chi connectivity index (χ2n) is 6.41. The fourth-order valence-corrected chi connectivity index (χ4v) is 1.86. The van der Waals surface area contributed by atoms with Gasteiger partial charge in [0.15, 0.2) is 0 Å². The molecule has 102 valence electrons. The minimum atomic E-state index is -0.102. The lowest BCUT2D eigenvalue weighted by Gasteiger charge is -2.27. The number of rotatable bonds is 4. The standard InChI is InChI=1S/C16H26FN/c1-11-7-8-14(9-15(11)17)13(3)12(2)10-18-16(4,5)6/h7-9,12-13,18H,10H2,1-6H3. The molecule has 0 aliphatic rings. The summed E-state index contributed by atoms with van der Waals surface area (Å²) in [5.74, 6) is 0.733. The van der Waals surface area contributed by atoms with E-state index < -0.39 is 0 Å². The number of halogens is 1. The van der Waals surface area contributed by atoms with Gasteiger partial charge < -0.3 is 5.32 Å². The van der Waals surface area contributed by atoms with Crippen LogP contribution in [-0.4, -0.2) is 12.1 Å². The fourth-order valence-electron chi connectivity index (χ4n) is 1.86. The molecule has 0 heterocycles. The van der Waals surface area contributed by atoms with Crippen molar-refractivity contribution < 1.29 is 4.39 Å². The number of benzene rings is 1. The Morgan fingerprint density at radius 2 is 1.83 bits per heavy atom. The predicted molar refractivity (Wildman–Crippen MR) is 76.5 cm³/mol. The zero-order valence-electron chi connectivity index (χ0n) is 12.5. The molecule has 0 aliphatic heterocycles. The van der Waals surface area contributed by atoms with Gasteiger partial charge in [-0.1, -0.05) is 26.0 Å². The number of nitrogens with one attached hydrogen (secondary N) is 1. The second kappa shape index (κ2) is 5.83. The van der Waals surface area contributed by atoms with Crippen molar-refractivity contribution in [2.75, 3.05) is 6.54 Å². The molecule has 1 aromatic rings. The lowest BCUT2D eigenvalue weighted by molar-refractivity contribution is 0.359. The Balaban J connectivity index is 2.68. The zero-order chi connectivity index (χ0) is 13.9. The third-order valence-electron chi connectivity index (χ3n) is 3.53. The van der Waals surface area contributed by atoms with Gasteiger partial charge in [0.25, 0.3) is 0 Å². The summed E-state index contributed by atoms with van der Waals surface area (Å²) in [6, 6.07) is 5.58. The van der Waals surface area contributed by atoms with Crippen molar-refractivity contribution >= 4 is 0 Å². The minimum absolute atomic E-state index is 0.102. The maximum atomic E-state index is 13.6. The number of hydrogen-bond donors (Lipinski definition) is 1. The Bertz CT molecular complexity index is 393. The lowest BCUT2D eigenvalue weighted by atomic mass is 9.88. The SMILES string of the molecule is Cc1ccc(C(C)C(C)CNC(C)(C)C)cc1F. The summed E-state index contributed by atoms with van der Waals surface area (Å²) in [7, 11) is 0. The van der Waals surface area contributed by atoms with E-state index >= 15 is 0 Å². The summed E-state index contributed by atoms with van der Waals surface area (Å²) in [4.78, 5) is 0. The van der Waals surface area contributed by atoms with Crippen molar-refractivity contribution in [1.82, 2.24) is 5.32 Å². The van der Waals surface area contributed by atoms with Crippen LogP contribution in [0, 0.1) is 18.7 Å². The molecule has 1 aromatic carbocycles. The normalized spacial score (nSPS) is 15.5. The first-order valence-electron chi connectivity index (χ1n) is 6.72. The molecule has 0 saturated carbocycles. The van der Waals surface area contributed by atoms with Crippen LogP contribution in [0.4, 0.5) is 4.39 Å². The topological polar surface area (TPSA) is 12.0 Å². The molecule has 0 bridgehead atoms. The summed E-state index contributed by atoms with van der Waals surface area (Å²) < 4.78 is 13.6. The Labute approximate surface area is 111 Å². The third-order valence-corrected chi connectivity index (χ3v) is 3.53. The van der Waals surface area contributed by atoms with Crippen LogP contribution in [-0.2, 0) is 0 Å². The molecule has 0 aromatic heterocycles. The lowest BCUT2D eigenvalue weighted by Crippen LogP contribution is -2.39. The van der Waals surface area contributed by atoms with Gasteiger partial charge in [0.05, 0.1) is 0 Å². The molecule has 2 heteroatoms. The smallest absolute Gasteiger partial charge is 0.126 e. The first-order chi connectivity index (χ1) is 8.20. The highest BCUT2D eigenvalue weighted by Gasteiger charge is 2.18. The van der Waals surface area contributed by atoms with Crippen molar-refractivity contribution in [3.05, 3.63) is 35.1 Å². The maximum absolute atomic E-state index is 13.6. The molecule has 1 rings (SSSR count). The largest absolute Gasteiger partial charge is 0.312 e. The predicted octanol–water partition coefficient (Wildman–Crippen LogP) is 4.26. The van der Waals surface area contributed by atoms with Crippen molar-refractivity contribution in [1.29, 1.82) is 0 Å². The van der Waals surface area contributed by atoms with Gasteiger partial charge in [-0.25, -0.2) is 4.39 Å². The molecular weight excluding hydrogens is 225 g/mol. The third kappa shape index (κ3) is 4.41. The monoisotopic (exact) mass is 251 g/mol. The molecule has 18 heavy (non-hydrogen) atoms. The van der Waals surface area contributed by atoms with E-state index in [1.807, 2.05) is 12.1 Å². The van der Waals surface area contributed by atoms with Crippen LogP contribution in [0.25, 0.3) is 0 Å². The molecule has 0 aliphatic carbocycles. The van der Waals surface area contributed by atoms with Gasteiger partial charge in [-0.2, -0.15) is 0 Å². The molecule has 1 N–H and O–H groups in total. The fraction of sp³-hybridized carbons (Fsp3) is 0.625. The van der Waals surface area contributed by atoms with E-state index in [2.05, 4.69) is 39.9 Å². The van der Waals surface area contributed by atoms with Crippen LogP contribution in [0.5, 0.6) is 0 Å². The van der Waals surface area contributed by atoms with Gasteiger partial charge in [-0.05, 0) is 63.3 Å². The molecule has 2 unspecified atom stereocenters. The average Bonchev–Trinajstić information content (AvgIpc) is 2.27. The van der Waals surface area contributed by atoms with E-state index in [-0.39, 0.29) is 11.4 Å². The van der Waals surface area contributed by atoms with Gasteiger partial charge in [-0.3, -0.25) is 0 Å². The van der Waals surface area contributed by atoms with E-state index in [1.54, 1.807) is 13.0 Å². The second-order valence-corrected chi connectivity index (χ2v) is 6.41. The van der Waals surface area contributed by atoms with Gasteiger partial charge >= 0.3 is 0 Å². The summed E-state index contributed by atoms with van der Waals surface area (Å²) >= 11 is 0. The van der Waals surface area contributed by atoms with Gasteiger partial charge in [0, 0.05) is 5.54 Å². The van der Waals surface area contributed by atoms with E-state index in [9.17, 15) is 4.39 Å². The van der Waals surface area contributed by atoms with Crippen molar-refractivity contribution in [2.24, 2.45) is 5.92 Å². The van der Waals surface area contributed by atoms with E-state index in [0.717, 1.165) is 12.1 Å². The molecule has 0 amide bonds. The van der Waals surface area contributed by atoms with Crippen LogP contribution >= 0.6 is 0 Å². The highest BCUT2D eigenvalue weighted by Crippen LogP contribution is 2.25. The van der Waals surface area contributed by atoms with Crippen LogP contribution in [0.2, 0.25) is 0 Å². The summed E-state index contributed by atoms with van der Waals surface area (Å²) in [6.45, 7) is 13.6. The highest BCUT2D eigenvalue weighted by atomic mass is 19.1. The van der Waals surface area contributed by atoms with Crippen LogP contribution in [0.3, 0.4) is 0 Å². The van der Waals surface area contributed by atoms with Crippen LogP contribution in [0.15, 0.2) is 18.2 Å². The molecular formula is C16H26FN. The molecule has 0 spiro atoms. The minimum Gasteiger partial charge on any atom is -0.312 e. The number of hydrogen-bond acceptors (Lipinski definition) is 1. The molecule has 1 nitrogen and oxygen atoms in total.